The van der Waals surface area contributed by atoms with Crippen molar-refractivity contribution in [2.24, 2.45) is 11.8 Å². The first kappa shape index (κ1) is 15.3. The molecule has 2 fully saturated rings. The van der Waals surface area contributed by atoms with Gasteiger partial charge in [-0.2, -0.15) is 5.26 Å². The van der Waals surface area contributed by atoms with Crippen LogP contribution < -0.4 is 10.2 Å². The van der Waals surface area contributed by atoms with Crippen LogP contribution in [0.25, 0.3) is 10.2 Å². The number of hydrogen-bond donors (Lipinski definition) is 1. The van der Waals surface area contributed by atoms with E-state index in [-0.39, 0.29) is 11.8 Å². The highest BCUT2D eigenvalue weighted by Crippen LogP contribution is 2.37. The third kappa shape index (κ3) is 2.80. The predicted octanol–water partition coefficient (Wildman–Crippen LogP) is 2.73. The fourth-order valence-corrected chi connectivity index (χ4v) is 4.01. The summed E-state index contributed by atoms with van der Waals surface area (Å²) < 4.78 is 13.8. The molecule has 24 heavy (non-hydrogen) atoms. The minimum absolute atomic E-state index is 0.0272. The molecule has 124 valence electrons. The van der Waals surface area contributed by atoms with Gasteiger partial charge >= 0.3 is 0 Å². The lowest BCUT2D eigenvalue weighted by Crippen LogP contribution is -2.34. The van der Waals surface area contributed by atoms with Gasteiger partial charge in [0.25, 0.3) is 0 Å². The number of rotatable bonds is 3. The summed E-state index contributed by atoms with van der Waals surface area (Å²) in [5.74, 6) is -0.401. The summed E-state index contributed by atoms with van der Waals surface area (Å²) >= 11 is 1.45. The van der Waals surface area contributed by atoms with E-state index in [9.17, 15) is 9.18 Å². The molecule has 3 atom stereocenters. The van der Waals surface area contributed by atoms with Gasteiger partial charge in [-0.15, -0.1) is 0 Å². The van der Waals surface area contributed by atoms with Gasteiger partial charge in [-0.3, -0.25) is 4.79 Å². The number of halogens is 1. The molecule has 3 heterocycles. The quantitative estimate of drug-likeness (QED) is 0.925. The maximum atomic E-state index is 13.0. The molecule has 0 spiro atoms. The van der Waals surface area contributed by atoms with Gasteiger partial charge in [0.05, 0.1) is 28.1 Å². The SMILES string of the molecule is N#CC1CCCN(c2nc3ccnc(NC(=O)C4CC4F)c3s2)C1. The molecule has 1 saturated heterocycles. The number of fused-ring (bicyclic) bond motifs is 1. The Morgan fingerprint density at radius 3 is 3.12 bits per heavy atom. The van der Waals surface area contributed by atoms with E-state index >= 15 is 0 Å². The second-order valence-electron chi connectivity index (χ2n) is 6.27. The molecular formula is C16H16FN5OS. The lowest BCUT2D eigenvalue weighted by molar-refractivity contribution is -0.117. The van der Waals surface area contributed by atoms with Crippen LogP contribution in [0.4, 0.5) is 15.3 Å². The van der Waals surface area contributed by atoms with Crippen molar-refractivity contribution in [2.45, 2.75) is 25.4 Å². The minimum atomic E-state index is -1.03. The monoisotopic (exact) mass is 345 g/mol. The lowest BCUT2D eigenvalue weighted by Gasteiger charge is -2.28. The van der Waals surface area contributed by atoms with E-state index in [1.807, 2.05) is 0 Å². The summed E-state index contributed by atoms with van der Waals surface area (Å²) in [6.07, 6.45) is 2.74. The Morgan fingerprint density at radius 2 is 2.38 bits per heavy atom. The highest BCUT2D eigenvalue weighted by Gasteiger charge is 2.43. The van der Waals surface area contributed by atoms with Crippen LogP contribution in [0.2, 0.25) is 0 Å². The summed E-state index contributed by atoms with van der Waals surface area (Å²) in [5, 5.41) is 12.7. The van der Waals surface area contributed by atoms with Crippen LogP contribution in [-0.4, -0.2) is 35.1 Å². The number of nitrogens with one attached hydrogen (secondary N) is 1. The fourth-order valence-electron chi connectivity index (χ4n) is 2.97. The van der Waals surface area contributed by atoms with Crippen molar-refractivity contribution in [2.75, 3.05) is 23.3 Å². The predicted molar refractivity (Wildman–Crippen MR) is 89.6 cm³/mol. The Hall–Kier alpha value is -2.27. The maximum Gasteiger partial charge on any atom is 0.231 e. The first-order chi connectivity index (χ1) is 11.7. The van der Waals surface area contributed by atoms with E-state index in [2.05, 4.69) is 26.3 Å². The van der Waals surface area contributed by atoms with Crippen LogP contribution in [0.5, 0.6) is 0 Å². The van der Waals surface area contributed by atoms with Gasteiger partial charge < -0.3 is 10.2 Å². The molecule has 0 bridgehead atoms. The minimum Gasteiger partial charge on any atom is -0.347 e. The largest absolute Gasteiger partial charge is 0.347 e. The van der Waals surface area contributed by atoms with E-state index in [1.165, 1.54) is 11.3 Å². The van der Waals surface area contributed by atoms with Crippen molar-refractivity contribution in [1.29, 1.82) is 5.26 Å². The van der Waals surface area contributed by atoms with E-state index in [4.69, 9.17) is 5.26 Å². The molecule has 4 rings (SSSR count). The van der Waals surface area contributed by atoms with Gasteiger partial charge in [0, 0.05) is 19.3 Å². The molecule has 6 nitrogen and oxygen atoms in total. The molecule has 1 aliphatic heterocycles. The number of hydrogen-bond acceptors (Lipinski definition) is 6. The second-order valence-corrected chi connectivity index (χ2v) is 7.24. The second kappa shape index (κ2) is 5.98. The number of aromatic nitrogens is 2. The van der Waals surface area contributed by atoms with Crippen molar-refractivity contribution in [3.05, 3.63) is 12.3 Å². The number of piperidine rings is 1. The molecule has 1 saturated carbocycles. The average Bonchev–Trinajstić information content (AvgIpc) is 3.17. The van der Waals surface area contributed by atoms with Crippen molar-refractivity contribution in [3.63, 3.8) is 0 Å². The zero-order valence-electron chi connectivity index (χ0n) is 12.9. The number of pyridine rings is 1. The summed E-state index contributed by atoms with van der Waals surface area (Å²) in [4.78, 5) is 22.9. The average molecular weight is 345 g/mol. The number of thiazole rings is 1. The summed E-state index contributed by atoms with van der Waals surface area (Å²) in [6, 6.07) is 4.13. The van der Waals surface area contributed by atoms with Crippen LogP contribution in [-0.2, 0) is 4.79 Å². The van der Waals surface area contributed by atoms with Gasteiger partial charge in [0.1, 0.15) is 6.17 Å². The zero-order chi connectivity index (χ0) is 16.7. The third-order valence-electron chi connectivity index (χ3n) is 4.46. The Labute approximate surface area is 142 Å². The zero-order valence-corrected chi connectivity index (χ0v) is 13.7. The van der Waals surface area contributed by atoms with Crippen LogP contribution in [0, 0.1) is 23.2 Å². The first-order valence-electron chi connectivity index (χ1n) is 8.00. The highest BCUT2D eigenvalue weighted by atomic mass is 32.1. The number of carbonyl (C=O) groups excluding carboxylic acids is 1. The van der Waals surface area contributed by atoms with Crippen molar-refractivity contribution >= 4 is 38.4 Å². The molecule has 0 aromatic carbocycles. The van der Waals surface area contributed by atoms with Gasteiger partial charge in [-0.25, -0.2) is 14.4 Å². The van der Waals surface area contributed by atoms with E-state index in [0.29, 0.717) is 18.8 Å². The number of amides is 1. The molecular weight excluding hydrogens is 329 g/mol. The number of alkyl halides is 1. The molecule has 8 heteroatoms. The standard InChI is InChI=1S/C16H16FN5OS/c17-11-6-10(11)15(23)21-14-13-12(3-4-19-14)20-16(24-13)22-5-1-2-9(7-18)8-22/h3-4,9-11H,1-2,5-6,8H2,(H,19,21,23). The van der Waals surface area contributed by atoms with Crippen LogP contribution in [0.15, 0.2) is 12.3 Å². The summed E-state index contributed by atoms with van der Waals surface area (Å²) in [6.45, 7) is 1.55. The number of carbonyl (C=O) groups is 1. The number of nitrogens with zero attached hydrogens (tertiary/aromatic N) is 4. The molecule has 2 aromatic rings. The Kier molecular flexibility index (Phi) is 3.81. The molecule has 1 amide bonds. The molecule has 2 aliphatic rings. The summed E-state index contributed by atoms with van der Waals surface area (Å²) in [5.41, 5.74) is 0.756. The number of anilines is 2. The molecule has 2 aromatic heterocycles. The lowest BCUT2D eigenvalue weighted by atomic mass is 10.0. The molecule has 1 aliphatic carbocycles. The molecule has 3 unspecified atom stereocenters. The maximum absolute atomic E-state index is 13.0. The van der Waals surface area contributed by atoms with Gasteiger partial charge in [-0.1, -0.05) is 11.3 Å². The Bertz CT molecular complexity index is 831. The van der Waals surface area contributed by atoms with E-state index < -0.39 is 12.1 Å². The van der Waals surface area contributed by atoms with Crippen LogP contribution in [0.1, 0.15) is 19.3 Å². The normalized spacial score (nSPS) is 26.2. The smallest absolute Gasteiger partial charge is 0.231 e. The van der Waals surface area contributed by atoms with Crippen molar-refractivity contribution in [1.82, 2.24) is 9.97 Å². The fraction of sp³-hybridized carbons (Fsp3) is 0.500. The topological polar surface area (TPSA) is 81.9 Å². The molecule has 1 N–H and O–H groups in total. The van der Waals surface area contributed by atoms with Crippen LogP contribution >= 0.6 is 11.3 Å². The summed E-state index contributed by atoms with van der Waals surface area (Å²) in [7, 11) is 0. The Balaban J connectivity index is 1.60. The Morgan fingerprint density at radius 1 is 1.54 bits per heavy atom. The van der Waals surface area contributed by atoms with E-state index in [1.54, 1.807) is 12.3 Å². The highest BCUT2D eigenvalue weighted by molar-refractivity contribution is 7.22. The van der Waals surface area contributed by atoms with Gasteiger partial charge in [-0.05, 0) is 25.3 Å². The molecule has 0 radical (unpaired) electrons. The van der Waals surface area contributed by atoms with Crippen LogP contribution in [0.3, 0.4) is 0 Å². The number of nitriles is 1. The van der Waals surface area contributed by atoms with Gasteiger partial charge in [0.2, 0.25) is 5.91 Å². The van der Waals surface area contributed by atoms with E-state index in [0.717, 1.165) is 34.7 Å². The van der Waals surface area contributed by atoms with Crippen molar-refractivity contribution < 1.29 is 9.18 Å². The van der Waals surface area contributed by atoms with Crippen molar-refractivity contribution in [3.8, 4) is 6.07 Å². The first-order valence-corrected chi connectivity index (χ1v) is 8.82. The van der Waals surface area contributed by atoms with Gasteiger partial charge in [0.15, 0.2) is 10.9 Å². The third-order valence-corrected chi connectivity index (χ3v) is 5.60.